The number of hydrogen-bond donors (Lipinski definition) is 1. The van der Waals surface area contributed by atoms with E-state index in [1.807, 2.05) is 6.07 Å². The second-order valence-electron chi connectivity index (χ2n) is 5.70. The SMILES string of the molecule is CC1(C)CCCC(Nc2c(F)cccc2Br)C1. The maximum atomic E-state index is 13.7. The van der Waals surface area contributed by atoms with Crippen molar-refractivity contribution in [2.45, 2.75) is 45.6 Å². The van der Waals surface area contributed by atoms with E-state index in [4.69, 9.17) is 0 Å². The molecule has 94 valence electrons. The summed E-state index contributed by atoms with van der Waals surface area (Å²) in [6.45, 7) is 4.58. The molecule has 1 fully saturated rings. The standard InChI is InChI=1S/C14H19BrFN/c1-14(2)8-4-5-10(9-14)17-13-11(15)6-3-7-12(13)16/h3,6-7,10,17H,4-5,8-9H2,1-2H3. The molecule has 0 radical (unpaired) electrons. The van der Waals surface area contributed by atoms with Crippen LogP contribution in [0.15, 0.2) is 22.7 Å². The molecule has 1 saturated carbocycles. The van der Waals surface area contributed by atoms with Gasteiger partial charge in [-0.1, -0.05) is 26.3 Å². The number of para-hydroxylation sites is 1. The highest BCUT2D eigenvalue weighted by Gasteiger charge is 2.28. The summed E-state index contributed by atoms with van der Waals surface area (Å²) in [5.74, 6) is -0.178. The lowest BCUT2D eigenvalue weighted by atomic mass is 9.75. The third kappa shape index (κ3) is 3.21. The molecule has 1 aliphatic rings. The summed E-state index contributed by atoms with van der Waals surface area (Å²) < 4.78 is 14.5. The smallest absolute Gasteiger partial charge is 0.147 e. The Hall–Kier alpha value is -0.570. The highest BCUT2D eigenvalue weighted by molar-refractivity contribution is 9.10. The van der Waals surface area contributed by atoms with Crippen molar-refractivity contribution < 1.29 is 4.39 Å². The Labute approximate surface area is 111 Å². The third-order valence-corrected chi connectivity index (χ3v) is 4.18. The summed E-state index contributed by atoms with van der Waals surface area (Å²) in [4.78, 5) is 0. The van der Waals surface area contributed by atoms with Crippen molar-refractivity contribution in [3.8, 4) is 0 Å². The molecule has 0 spiro atoms. The van der Waals surface area contributed by atoms with Gasteiger partial charge in [0, 0.05) is 10.5 Å². The van der Waals surface area contributed by atoms with Crippen molar-refractivity contribution >= 4 is 21.6 Å². The zero-order chi connectivity index (χ0) is 12.5. The van der Waals surface area contributed by atoms with Crippen LogP contribution in [0.5, 0.6) is 0 Å². The molecule has 0 amide bonds. The molecule has 0 saturated heterocycles. The summed E-state index contributed by atoms with van der Waals surface area (Å²) in [6, 6.07) is 5.47. The molecular formula is C14H19BrFN. The second kappa shape index (κ2) is 4.97. The fourth-order valence-corrected chi connectivity index (χ4v) is 3.12. The van der Waals surface area contributed by atoms with Crippen LogP contribution < -0.4 is 5.32 Å². The van der Waals surface area contributed by atoms with Crippen LogP contribution in [0.3, 0.4) is 0 Å². The molecule has 1 nitrogen and oxygen atoms in total. The summed E-state index contributed by atoms with van der Waals surface area (Å²) in [5, 5.41) is 3.35. The van der Waals surface area contributed by atoms with Gasteiger partial charge in [-0.05, 0) is 52.7 Å². The van der Waals surface area contributed by atoms with E-state index in [1.165, 1.54) is 18.9 Å². The van der Waals surface area contributed by atoms with Crippen LogP contribution in [0.25, 0.3) is 0 Å². The van der Waals surface area contributed by atoms with E-state index in [-0.39, 0.29) is 5.82 Å². The summed E-state index contributed by atoms with van der Waals surface area (Å²) in [5.41, 5.74) is 0.975. The molecule has 0 bridgehead atoms. The van der Waals surface area contributed by atoms with E-state index < -0.39 is 0 Å². The normalized spacial score (nSPS) is 23.4. The predicted octanol–water partition coefficient (Wildman–Crippen LogP) is 4.97. The van der Waals surface area contributed by atoms with Gasteiger partial charge in [0.05, 0.1) is 5.69 Å². The van der Waals surface area contributed by atoms with E-state index in [9.17, 15) is 4.39 Å². The number of hydrogen-bond acceptors (Lipinski definition) is 1. The molecule has 1 unspecified atom stereocenters. The van der Waals surface area contributed by atoms with E-state index in [1.54, 1.807) is 6.07 Å². The Kier molecular flexibility index (Phi) is 3.76. The zero-order valence-electron chi connectivity index (χ0n) is 10.4. The van der Waals surface area contributed by atoms with Crippen molar-refractivity contribution in [3.05, 3.63) is 28.5 Å². The van der Waals surface area contributed by atoms with Crippen molar-refractivity contribution in [3.63, 3.8) is 0 Å². The molecule has 17 heavy (non-hydrogen) atoms. The summed E-state index contributed by atoms with van der Waals surface area (Å²) >= 11 is 3.40. The number of benzene rings is 1. The Bertz CT molecular complexity index is 383. The highest BCUT2D eigenvalue weighted by atomic mass is 79.9. The van der Waals surface area contributed by atoms with Crippen LogP contribution in [-0.4, -0.2) is 6.04 Å². The van der Waals surface area contributed by atoms with Gasteiger partial charge in [-0.25, -0.2) is 4.39 Å². The number of anilines is 1. The van der Waals surface area contributed by atoms with Crippen LogP contribution in [0.2, 0.25) is 0 Å². The maximum absolute atomic E-state index is 13.7. The monoisotopic (exact) mass is 299 g/mol. The first-order chi connectivity index (χ1) is 7.98. The second-order valence-corrected chi connectivity index (χ2v) is 6.55. The molecular weight excluding hydrogens is 281 g/mol. The van der Waals surface area contributed by atoms with Gasteiger partial charge in [-0.15, -0.1) is 0 Å². The van der Waals surface area contributed by atoms with Gasteiger partial charge in [-0.3, -0.25) is 0 Å². The van der Waals surface area contributed by atoms with Gasteiger partial charge in [0.15, 0.2) is 0 Å². The van der Waals surface area contributed by atoms with Crippen LogP contribution in [0.4, 0.5) is 10.1 Å². The number of rotatable bonds is 2. The van der Waals surface area contributed by atoms with Crippen LogP contribution in [0.1, 0.15) is 39.5 Å². The van der Waals surface area contributed by atoms with Gasteiger partial charge in [0.1, 0.15) is 5.82 Å². The minimum atomic E-state index is -0.178. The van der Waals surface area contributed by atoms with Crippen LogP contribution in [0, 0.1) is 11.2 Å². The molecule has 1 N–H and O–H groups in total. The van der Waals surface area contributed by atoms with Gasteiger partial charge in [0.25, 0.3) is 0 Å². The quantitative estimate of drug-likeness (QED) is 0.813. The first kappa shape index (κ1) is 12.9. The minimum absolute atomic E-state index is 0.178. The van der Waals surface area contributed by atoms with E-state index in [2.05, 4.69) is 35.1 Å². The lowest BCUT2D eigenvalue weighted by molar-refractivity contribution is 0.229. The fourth-order valence-electron chi connectivity index (χ4n) is 2.66. The van der Waals surface area contributed by atoms with Gasteiger partial charge < -0.3 is 5.32 Å². The first-order valence-corrected chi connectivity index (χ1v) is 6.98. The van der Waals surface area contributed by atoms with Crippen molar-refractivity contribution in [1.82, 2.24) is 0 Å². The van der Waals surface area contributed by atoms with E-state index in [0.29, 0.717) is 17.1 Å². The highest BCUT2D eigenvalue weighted by Crippen LogP contribution is 2.37. The van der Waals surface area contributed by atoms with E-state index in [0.717, 1.165) is 17.3 Å². The predicted molar refractivity (Wildman–Crippen MR) is 73.8 cm³/mol. The van der Waals surface area contributed by atoms with Crippen molar-refractivity contribution in [2.24, 2.45) is 5.41 Å². The molecule has 1 aliphatic carbocycles. The number of halogens is 2. The Morgan fingerprint density at radius 1 is 1.41 bits per heavy atom. The fraction of sp³-hybridized carbons (Fsp3) is 0.571. The Morgan fingerprint density at radius 2 is 2.18 bits per heavy atom. The molecule has 0 aromatic heterocycles. The lowest BCUT2D eigenvalue weighted by Crippen LogP contribution is -2.32. The molecule has 3 heteroatoms. The van der Waals surface area contributed by atoms with Crippen LogP contribution >= 0.6 is 15.9 Å². The molecule has 1 atom stereocenters. The van der Waals surface area contributed by atoms with Crippen molar-refractivity contribution in [1.29, 1.82) is 0 Å². The lowest BCUT2D eigenvalue weighted by Gasteiger charge is -2.36. The van der Waals surface area contributed by atoms with Crippen LogP contribution in [-0.2, 0) is 0 Å². The minimum Gasteiger partial charge on any atom is -0.379 e. The van der Waals surface area contributed by atoms with Gasteiger partial charge in [-0.2, -0.15) is 0 Å². The maximum Gasteiger partial charge on any atom is 0.147 e. The van der Waals surface area contributed by atoms with Crippen molar-refractivity contribution in [2.75, 3.05) is 5.32 Å². The topological polar surface area (TPSA) is 12.0 Å². The molecule has 1 aromatic carbocycles. The van der Waals surface area contributed by atoms with E-state index >= 15 is 0 Å². The molecule has 0 heterocycles. The largest absolute Gasteiger partial charge is 0.379 e. The Morgan fingerprint density at radius 3 is 2.82 bits per heavy atom. The molecule has 0 aliphatic heterocycles. The van der Waals surface area contributed by atoms with Gasteiger partial charge >= 0.3 is 0 Å². The third-order valence-electron chi connectivity index (χ3n) is 3.52. The first-order valence-electron chi connectivity index (χ1n) is 6.18. The average molecular weight is 300 g/mol. The summed E-state index contributed by atoms with van der Waals surface area (Å²) in [7, 11) is 0. The number of nitrogens with one attached hydrogen (secondary N) is 1. The summed E-state index contributed by atoms with van der Waals surface area (Å²) in [6.07, 6.45) is 4.72. The molecule has 1 aromatic rings. The zero-order valence-corrected chi connectivity index (χ0v) is 12.0. The average Bonchev–Trinajstić information content (AvgIpc) is 2.22. The Balaban J connectivity index is 2.10. The van der Waals surface area contributed by atoms with Gasteiger partial charge in [0.2, 0.25) is 0 Å². The molecule has 2 rings (SSSR count).